The summed E-state index contributed by atoms with van der Waals surface area (Å²) >= 11 is 12.1. The summed E-state index contributed by atoms with van der Waals surface area (Å²) in [6, 6.07) is 10.3. The summed E-state index contributed by atoms with van der Waals surface area (Å²) in [5.74, 6) is 1.14. The molecule has 0 aliphatic carbocycles. The van der Waals surface area contributed by atoms with E-state index in [1.54, 1.807) is 50.6 Å². The molecule has 2 N–H and O–H groups in total. The lowest BCUT2D eigenvalue weighted by Crippen LogP contribution is -2.16. The third kappa shape index (κ3) is 4.94. The number of amides is 1. The first-order valence-electron chi connectivity index (χ1n) is 7.24. The van der Waals surface area contributed by atoms with Crippen LogP contribution in [-0.4, -0.2) is 26.7 Å². The molecule has 2 aromatic carbocycles. The van der Waals surface area contributed by atoms with Crippen LogP contribution in [0.15, 0.2) is 36.4 Å². The molecule has 128 valence electrons. The molecule has 0 atom stereocenters. The van der Waals surface area contributed by atoms with E-state index in [-0.39, 0.29) is 12.3 Å². The van der Waals surface area contributed by atoms with Crippen LogP contribution in [0.2, 0.25) is 10.0 Å². The summed E-state index contributed by atoms with van der Waals surface area (Å²) in [5.41, 5.74) is 1.28. The van der Waals surface area contributed by atoms with Crippen molar-refractivity contribution in [2.24, 2.45) is 0 Å². The quantitative estimate of drug-likeness (QED) is 0.757. The topological polar surface area (TPSA) is 59.6 Å². The van der Waals surface area contributed by atoms with Crippen molar-refractivity contribution in [1.29, 1.82) is 0 Å². The van der Waals surface area contributed by atoms with Crippen molar-refractivity contribution >= 4 is 40.5 Å². The molecule has 2 aromatic rings. The first-order chi connectivity index (χ1) is 11.5. The summed E-state index contributed by atoms with van der Waals surface area (Å²) in [4.78, 5) is 12.0. The largest absolute Gasteiger partial charge is 0.497 e. The van der Waals surface area contributed by atoms with E-state index >= 15 is 0 Å². The minimum Gasteiger partial charge on any atom is -0.497 e. The molecule has 0 spiro atoms. The summed E-state index contributed by atoms with van der Waals surface area (Å²) < 4.78 is 10.3. The predicted molar refractivity (Wildman–Crippen MR) is 97.7 cm³/mol. The molecule has 0 aliphatic heterocycles. The molecule has 0 aliphatic rings. The Morgan fingerprint density at radius 2 is 1.83 bits per heavy atom. The molecule has 0 bridgehead atoms. The van der Waals surface area contributed by atoms with Crippen LogP contribution in [0.5, 0.6) is 11.5 Å². The zero-order valence-electron chi connectivity index (χ0n) is 13.4. The molecule has 0 aromatic heterocycles. The summed E-state index contributed by atoms with van der Waals surface area (Å²) in [7, 11) is 3.13. The zero-order valence-corrected chi connectivity index (χ0v) is 14.9. The Labute approximate surface area is 150 Å². The van der Waals surface area contributed by atoms with Gasteiger partial charge in [0.05, 0.1) is 30.6 Å². The fourth-order valence-corrected chi connectivity index (χ4v) is 2.46. The van der Waals surface area contributed by atoms with Crippen molar-refractivity contribution in [3.05, 3.63) is 46.4 Å². The van der Waals surface area contributed by atoms with Gasteiger partial charge in [-0.1, -0.05) is 23.2 Å². The zero-order chi connectivity index (χ0) is 17.5. The van der Waals surface area contributed by atoms with Gasteiger partial charge in [-0.3, -0.25) is 4.79 Å². The lowest BCUT2D eigenvalue weighted by atomic mass is 10.2. The first-order valence-corrected chi connectivity index (χ1v) is 8.00. The van der Waals surface area contributed by atoms with E-state index in [0.29, 0.717) is 33.8 Å². The Hall–Kier alpha value is -2.11. The van der Waals surface area contributed by atoms with Gasteiger partial charge in [0.2, 0.25) is 5.91 Å². The van der Waals surface area contributed by atoms with Gasteiger partial charge in [-0.05, 0) is 30.3 Å². The van der Waals surface area contributed by atoms with Crippen LogP contribution in [0.4, 0.5) is 11.4 Å². The highest BCUT2D eigenvalue weighted by Crippen LogP contribution is 2.28. The number of methoxy groups -OCH3 is 2. The van der Waals surface area contributed by atoms with Crippen LogP contribution in [0.3, 0.4) is 0 Å². The van der Waals surface area contributed by atoms with E-state index in [1.165, 1.54) is 0 Å². The van der Waals surface area contributed by atoms with E-state index in [9.17, 15) is 4.79 Å². The molecule has 24 heavy (non-hydrogen) atoms. The van der Waals surface area contributed by atoms with Crippen molar-refractivity contribution in [3.63, 3.8) is 0 Å². The second kappa shape index (κ2) is 8.66. The number of nitrogens with one attached hydrogen (secondary N) is 2. The van der Waals surface area contributed by atoms with Crippen LogP contribution in [0, 0.1) is 0 Å². The van der Waals surface area contributed by atoms with Crippen LogP contribution in [0.25, 0.3) is 0 Å². The van der Waals surface area contributed by atoms with E-state index in [2.05, 4.69) is 10.6 Å². The smallest absolute Gasteiger partial charge is 0.226 e. The second-order valence-electron chi connectivity index (χ2n) is 4.92. The predicted octanol–water partition coefficient (Wildman–Crippen LogP) is 4.45. The molecule has 1 amide bonds. The van der Waals surface area contributed by atoms with Crippen LogP contribution in [-0.2, 0) is 4.79 Å². The minimum atomic E-state index is -0.157. The van der Waals surface area contributed by atoms with E-state index in [0.717, 1.165) is 5.69 Å². The monoisotopic (exact) mass is 368 g/mol. The number of ether oxygens (including phenoxy) is 2. The third-order valence-corrected chi connectivity index (χ3v) is 3.83. The lowest BCUT2D eigenvalue weighted by Gasteiger charge is -2.12. The molecule has 0 saturated carbocycles. The van der Waals surface area contributed by atoms with Crippen LogP contribution in [0.1, 0.15) is 6.42 Å². The van der Waals surface area contributed by atoms with Crippen LogP contribution < -0.4 is 20.1 Å². The number of halogens is 2. The third-order valence-electron chi connectivity index (χ3n) is 3.28. The van der Waals surface area contributed by atoms with Gasteiger partial charge in [-0.15, -0.1) is 0 Å². The SMILES string of the molecule is COc1ccc(NC(=O)CCNc2cc(Cl)ccc2OC)c(Cl)c1. The average Bonchev–Trinajstić information content (AvgIpc) is 2.57. The fraction of sp³-hybridized carbons (Fsp3) is 0.235. The maximum Gasteiger partial charge on any atom is 0.226 e. The summed E-state index contributed by atoms with van der Waals surface area (Å²) in [5, 5.41) is 6.91. The molecular weight excluding hydrogens is 351 g/mol. The van der Waals surface area contributed by atoms with Crippen molar-refractivity contribution < 1.29 is 14.3 Å². The molecule has 7 heteroatoms. The van der Waals surface area contributed by atoms with Gasteiger partial charge in [0.15, 0.2) is 0 Å². The number of anilines is 2. The van der Waals surface area contributed by atoms with Crippen molar-refractivity contribution in [2.75, 3.05) is 31.4 Å². The number of benzene rings is 2. The number of carbonyl (C=O) groups excluding carboxylic acids is 1. The normalized spacial score (nSPS) is 10.2. The molecule has 0 saturated heterocycles. The standard InChI is InChI=1S/C17H18Cl2N2O3/c1-23-12-4-5-14(13(19)10-12)21-17(22)7-8-20-15-9-11(18)3-6-16(15)24-2/h3-6,9-10,20H,7-8H2,1-2H3,(H,21,22). The Morgan fingerprint density at radius 1 is 1.04 bits per heavy atom. The molecule has 5 nitrogen and oxygen atoms in total. The summed E-state index contributed by atoms with van der Waals surface area (Å²) in [6.45, 7) is 0.427. The summed E-state index contributed by atoms with van der Waals surface area (Å²) in [6.07, 6.45) is 0.262. The Morgan fingerprint density at radius 3 is 2.50 bits per heavy atom. The van der Waals surface area contributed by atoms with E-state index < -0.39 is 0 Å². The van der Waals surface area contributed by atoms with Crippen LogP contribution >= 0.6 is 23.2 Å². The van der Waals surface area contributed by atoms with Crippen molar-refractivity contribution in [1.82, 2.24) is 0 Å². The van der Waals surface area contributed by atoms with Gasteiger partial charge in [-0.2, -0.15) is 0 Å². The second-order valence-corrected chi connectivity index (χ2v) is 5.76. The Bertz CT molecular complexity index is 723. The molecule has 2 rings (SSSR count). The highest BCUT2D eigenvalue weighted by Gasteiger charge is 2.08. The molecule has 0 fully saturated rings. The Kier molecular flexibility index (Phi) is 6.58. The van der Waals surface area contributed by atoms with Crippen molar-refractivity contribution in [3.8, 4) is 11.5 Å². The highest BCUT2D eigenvalue weighted by atomic mass is 35.5. The lowest BCUT2D eigenvalue weighted by molar-refractivity contribution is -0.115. The average molecular weight is 369 g/mol. The van der Waals surface area contributed by atoms with Gasteiger partial charge < -0.3 is 20.1 Å². The molecule has 0 radical (unpaired) electrons. The number of hydrogen-bond acceptors (Lipinski definition) is 4. The molecular formula is C17H18Cl2N2O3. The van der Waals surface area contributed by atoms with Gasteiger partial charge in [0.1, 0.15) is 11.5 Å². The van der Waals surface area contributed by atoms with Gasteiger partial charge in [0, 0.05) is 24.1 Å². The number of hydrogen-bond donors (Lipinski definition) is 2. The Balaban J connectivity index is 1.89. The number of carbonyl (C=O) groups is 1. The maximum atomic E-state index is 12.0. The first kappa shape index (κ1) is 18.2. The molecule has 0 heterocycles. The van der Waals surface area contributed by atoms with Gasteiger partial charge in [0.25, 0.3) is 0 Å². The van der Waals surface area contributed by atoms with Gasteiger partial charge >= 0.3 is 0 Å². The van der Waals surface area contributed by atoms with Gasteiger partial charge in [-0.25, -0.2) is 0 Å². The van der Waals surface area contributed by atoms with E-state index in [4.69, 9.17) is 32.7 Å². The highest BCUT2D eigenvalue weighted by molar-refractivity contribution is 6.33. The molecule has 0 unspecified atom stereocenters. The maximum absolute atomic E-state index is 12.0. The van der Waals surface area contributed by atoms with E-state index in [1.807, 2.05) is 0 Å². The van der Waals surface area contributed by atoms with Crippen molar-refractivity contribution in [2.45, 2.75) is 6.42 Å². The number of rotatable bonds is 7. The minimum absolute atomic E-state index is 0.157. The fourth-order valence-electron chi connectivity index (χ4n) is 2.07.